The van der Waals surface area contributed by atoms with Crippen molar-refractivity contribution in [2.24, 2.45) is 5.41 Å². The molecule has 7 aromatic rings. The fourth-order valence-electron chi connectivity index (χ4n) is 7.80. The van der Waals surface area contributed by atoms with Gasteiger partial charge in [0.1, 0.15) is 0 Å². The molecule has 0 spiro atoms. The van der Waals surface area contributed by atoms with E-state index >= 15 is 0 Å². The summed E-state index contributed by atoms with van der Waals surface area (Å²) in [6.45, 7) is 9.20. The molecule has 0 fully saturated rings. The molecule has 0 radical (unpaired) electrons. The zero-order valence-corrected chi connectivity index (χ0v) is 24.8. The van der Waals surface area contributed by atoms with Gasteiger partial charge >= 0.3 is 0 Å². The van der Waals surface area contributed by atoms with Gasteiger partial charge in [0.05, 0.1) is 22.1 Å². The van der Waals surface area contributed by atoms with Gasteiger partial charge in [0, 0.05) is 32.4 Å². The van der Waals surface area contributed by atoms with Crippen molar-refractivity contribution in [3.05, 3.63) is 125 Å². The number of aromatic nitrogens is 3. The Morgan fingerprint density at radius 2 is 1.30 bits per heavy atom. The minimum Gasteiger partial charge on any atom is -0.278 e. The van der Waals surface area contributed by atoms with Crippen LogP contribution in [0.2, 0.25) is 0 Å². The first-order valence-electron chi connectivity index (χ1n) is 15.1. The second-order valence-electron chi connectivity index (χ2n) is 13.2. The Morgan fingerprint density at radius 3 is 2.19 bits per heavy atom. The van der Waals surface area contributed by atoms with Gasteiger partial charge in [-0.15, -0.1) is 0 Å². The SMILES string of the molecule is CC1(C)C=c2nc(-n3c4ccccc4c4c5ccccc5ccc43)nc(-c3cccc4c3C(C)(C)c3ccccc3-4)c2=C1. The number of hydrogen-bond donors (Lipinski definition) is 0. The van der Waals surface area contributed by atoms with E-state index in [1.165, 1.54) is 49.4 Å². The number of benzene rings is 5. The Labute approximate surface area is 250 Å². The summed E-state index contributed by atoms with van der Waals surface area (Å²) < 4.78 is 2.27. The van der Waals surface area contributed by atoms with Gasteiger partial charge in [0.2, 0.25) is 5.95 Å². The molecule has 0 N–H and O–H groups in total. The summed E-state index contributed by atoms with van der Waals surface area (Å²) in [4.78, 5) is 10.8. The highest BCUT2D eigenvalue weighted by Gasteiger charge is 2.38. The van der Waals surface area contributed by atoms with Crippen LogP contribution in [0.4, 0.5) is 0 Å². The standard InChI is InChI=1S/C40H31N3/c1-39(2)22-30-32(23-39)41-38(42-37(30)29-17-11-16-27-26-14-7-9-18-31(26)40(3,4)36(27)29)43-33-19-10-8-15-28(33)35-25-13-6-5-12-24(25)20-21-34(35)43/h5-23H,1-4H3. The van der Waals surface area contributed by atoms with Crippen molar-refractivity contribution < 1.29 is 0 Å². The molecule has 0 atom stereocenters. The Bertz CT molecular complexity index is 2460. The van der Waals surface area contributed by atoms with Gasteiger partial charge in [-0.1, -0.05) is 125 Å². The van der Waals surface area contributed by atoms with Gasteiger partial charge in [-0.2, -0.15) is 0 Å². The molecular formula is C40H31N3. The Kier molecular flexibility index (Phi) is 4.74. The number of nitrogens with zero attached hydrogens (tertiary/aromatic N) is 3. The Balaban J connectivity index is 1.41. The minimum atomic E-state index is -0.149. The zero-order valence-electron chi connectivity index (χ0n) is 24.8. The molecular weight excluding hydrogens is 522 g/mol. The molecule has 0 saturated carbocycles. The third-order valence-corrected chi connectivity index (χ3v) is 9.59. The van der Waals surface area contributed by atoms with Crippen LogP contribution in [0.5, 0.6) is 0 Å². The predicted molar refractivity (Wildman–Crippen MR) is 179 cm³/mol. The normalized spacial score (nSPS) is 15.7. The average molecular weight is 554 g/mol. The minimum absolute atomic E-state index is 0.113. The van der Waals surface area contributed by atoms with E-state index < -0.39 is 0 Å². The first kappa shape index (κ1) is 24.6. The molecule has 0 unspecified atom stereocenters. The van der Waals surface area contributed by atoms with E-state index in [0.29, 0.717) is 5.95 Å². The summed E-state index contributed by atoms with van der Waals surface area (Å²) in [6.07, 6.45) is 4.64. The quantitative estimate of drug-likeness (QED) is 0.216. The van der Waals surface area contributed by atoms with Crippen molar-refractivity contribution in [3.8, 4) is 28.3 Å². The molecule has 0 amide bonds. The lowest BCUT2D eigenvalue weighted by Crippen LogP contribution is -2.31. The second kappa shape index (κ2) is 8.29. The Hall–Kier alpha value is -5.02. The van der Waals surface area contributed by atoms with Crippen LogP contribution >= 0.6 is 0 Å². The summed E-state index contributed by atoms with van der Waals surface area (Å²) >= 11 is 0. The smallest absolute Gasteiger partial charge is 0.235 e. The lowest BCUT2D eigenvalue weighted by Gasteiger charge is -2.24. The molecule has 0 bridgehead atoms. The molecule has 0 aliphatic heterocycles. The van der Waals surface area contributed by atoms with Crippen LogP contribution in [-0.2, 0) is 5.41 Å². The van der Waals surface area contributed by atoms with Crippen LogP contribution in [0.3, 0.4) is 0 Å². The van der Waals surface area contributed by atoms with Gasteiger partial charge in [0.15, 0.2) is 0 Å². The van der Waals surface area contributed by atoms with E-state index in [1.807, 2.05) is 0 Å². The summed E-state index contributed by atoms with van der Waals surface area (Å²) in [5.74, 6) is 0.712. The molecule has 5 aromatic carbocycles. The number of para-hydroxylation sites is 1. The third kappa shape index (κ3) is 3.31. The van der Waals surface area contributed by atoms with E-state index in [9.17, 15) is 0 Å². The van der Waals surface area contributed by atoms with Crippen molar-refractivity contribution in [1.82, 2.24) is 14.5 Å². The fraction of sp³-hybridized carbons (Fsp3) is 0.150. The summed E-state index contributed by atoms with van der Waals surface area (Å²) in [7, 11) is 0. The second-order valence-corrected chi connectivity index (χ2v) is 13.2. The van der Waals surface area contributed by atoms with E-state index in [4.69, 9.17) is 9.97 Å². The largest absolute Gasteiger partial charge is 0.278 e. The van der Waals surface area contributed by atoms with E-state index in [0.717, 1.165) is 27.3 Å². The maximum absolute atomic E-state index is 5.51. The fourth-order valence-corrected chi connectivity index (χ4v) is 7.80. The lowest BCUT2D eigenvalue weighted by molar-refractivity contribution is 0.661. The van der Waals surface area contributed by atoms with Gasteiger partial charge in [-0.05, 0) is 51.2 Å². The molecule has 2 aliphatic rings. The van der Waals surface area contributed by atoms with Crippen LogP contribution in [0.1, 0.15) is 38.8 Å². The van der Waals surface area contributed by atoms with Crippen molar-refractivity contribution in [1.29, 1.82) is 0 Å². The highest BCUT2D eigenvalue weighted by Crippen LogP contribution is 2.51. The van der Waals surface area contributed by atoms with Crippen molar-refractivity contribution in [3.63, 3.8) is 0 Å². The topological polar surface area (TPSA) is 30.7 Å². The lowest BCUT2D eigenvalue weighted by atomic mass is 9.79. The van der Waals surface area contributed by atoms with Gasteiger partial charge < -0.3 is 0 Å². The highest BCUT2D eigenvalue weighted by atomic mass is 15.2. The van der Waals surface area contributed by atoms with E-state index in [1.54, 1.807) is 0 Å². The molecule has 0 saturated heterocycles. The van der Waals surface area contributed by atoms with Crippen molar-refractivity contribution in [2.45, 2.75) is 33.1 Å². The molecule has 2 aliphatic carbocycles. The number of rotatable bonds is 2. The monoisotopic (exact) mass is 553 g/mol. The maximum atomic E-state index is 5.51. The van der Waals surface area contributed by atoms with Crippen LogP contribution in [0.25, 0.3) is 73.1 Å². The van der Waals surface area contributed by atoms with Crippen LogP contribution in [-0.4, -0.2) is 14.5 Å². The molecule has 2 heterocycles. The van der Waals surface area contributed by atoms with Crippen LogP contribution in [0.15, 0.2) is 103 Å². The molecule has 43 heavy (non-hydrogen) atoms. The number of fused-ring (bicyclic) bond motifs is 9. The summed E-state index contributed by atoms with van der Waals surface area (Å²) in [5, 5.41) is 7.07. The third-order valence-electron chi connectivity index (χ3n) is 9.59. The predicted octanol–water partition coefficient (Wildman–Crippen LogP) is 8.30. The van der Waals surface area contributed by atoms with Crippen molar-refractivity contribution >= 4 is 44.7 Å². The zero-order chi connectivity index (χ0) is 29.1. The molecule has 9 rings (SSSR count). The molecule has 3 heteroatoms. The van der Waals surface area contributed by atoms with Crippen molar-refractivity contribution in [2.75, 3.05) is 0 Å². The number of hydrogen-bond acceptors (Lipinski definition) is 2. The van der Waals surface area contributed by atoms with E-state index in [2.05, 4.69) is 148 Å². The van der Waals surface area contributed by atoms with Gasteiger partial charge in [0.25, 0.3) is 0 Å². The summed E-state index contributed by atoms with van der Waals surface area (Å²) in [5.41, 5.74) is 9.51. The molecule has 206 valence electrons. The first-order chi connectivity index (χ1) is 20.8. The van der Waals surface area contributed by atoms with Gasteiger partial charge in [-0.25, -0.2) is 9.97 Å². The van der Waals surface area contributed by atoms with Crippen LogP contribution in [0, 0.1) is 5.41 Å². The highest BCUT2D eigenvalue weighted by molar-refractivity contribution is 6.21. The molecule has 2 aromatic heterocycles. The maximum Gasteiger partial charge on any atom is 0.235 e. The molecule has 3 nitrogen and oxygen atoms in total. The average Bonchev–Trinajstić information content (AvgIpc) is 3.60. The van der Waals surface area contributed by atoms with Gasteiger partial charge in [-0.3, -0.25) is 4.57 Å². The van der Waals surface area contributed by atoms with Crippen LogP contribution < -0.4 is 10.6 Å². The Morgan fingerprint density at radius 1 is 0.581 bits per heavy atom. The first-order valence-corrected chi connectivity index (χ1v) is 15.1. The summed E-state index contributed by atoms with van der Waals surface area (Å²) in [6, 6.07) is 37.3. The van der Waals surface area contributed by atoms with E-state index in [-0.39, 0.29) is 10.8 Å².